The molecule has 0 aliphatic carbocycles. The van der Waals surface area contributed by atoms with Crippen LogP contribution in [0, 0.1) is 0 Å². The molecule has 0 saturated carbocycles. The van der Waals surface area contributed by atoms with Crippen molar-refractivity contribution in [3.8, 4) is 11.5 Å². The lowest BCUT2D eigenvalue weighted by Crippen LogP contribution is -2.07. The van der Waals surface area contributed by atoms with Gasteiger partial charge in [-0.2, -0.15) is 10.2 Å². The third-order valence-electron chi connectivity index (χ3n) is 5.98. The highest BCUT2D eigenvalue weighted by Crippen LogP contribution is 2.23. The Morgan fingerprint density at radius 3 is 1.49 bits per heavy atom. The standard InChI is InChI=1S/C30H44N2O3/c1-3-5-6-7-8-9-10-11-12-13-14-15-16-17-30(33)35-29-24-20-27(21-25-29)32-31-26-18-22-28(23-19-26)34-4-2/h18-25H,3-17H2,1-2H3/b32-31+. The second kappa shape index (κ2) is 18.6. The summed E-state index contributed by atoms with van der Waals surface area (Å²) in [7, 11) is 0. The molecule has 0 N–H and O–H groups in total. The second-order valence-electron chi connectivity index (χ2n) is 9.09. The van der Waals surface area contributed by atoms with Crippen molar-refractivity contribution in [1.82, 2.24) is 0 Å². The lowest BCUT2D eigenvalue weighted by molar-refractivity contribution is -0.134. The molecule has 0 aliphatic rings. The van der Waals surface area contributed by atoms with Gasteiger partial charge in [-0.15, -0.1) is 0 Å². The van der Waals surface area contributed by atoms with E-state index < -0.39 is 0 Å². The van der Waals surface area contributed by atoms with E-state index in [1.165, 1.54) is 70.6 Å². The van der Waals surface area contributed by atoms with E-state index >= 15 is 0 Å². The average molecular weight is 481 g/mol. The van der Waals surface area contributed by atoms with Gasteiger partial charge < -0.3 is 9.47 Å². The summed E-state index contributed by atoms with van der Waals surface area (Å²) < 4.78 is 10.9. The maximum atomic E-state index is 12.1. The topological polar surface area (TPSA) is 60.2 Å². The summed E-state index contributed by atoms with van der Waals surface area (Å²) in [6.07, 6.45) is 17.3. The van der Waals surface area contributed by atoms with Crippen LogP contribution in [-0.2, 0) is 4.79 Å². The van der Waals surface area contributed by atoms with Gasteiger partial charge in [-0.3, -0.25) is 4.79 Å². The molecule has 2 aromatic rings. The molecular weight excluding hydrogens is 436 g/mol. The van der Waals surface area contributed by atoms with Gasteiger partial charge >= 0.3 is 5.97 Å². The SMILES string of the molecule is CCCCCCCCCCCCCCCC(=O)Oc1ccc(/N=N/c2ccc(OCC)cc2)cc1. The van der Waals surface area contributed by atoms with Crippen LogP contribution in [-0.4, -0.2) is 12.6 Å². The van der Waals surface area contributed by atoms with Crippen LogP contribution in [0.2, 0.25) is 0 Å². The number of ether oxygens (including phenoxy) is 2. The molecule has 0 unspecified atom stereocenters. The van der Waals surface area contributed by atoms with Gasteiger partial charge in [0.25, 0.3) is 0 Å². The first-order valence-electron chi connectivity index (χ1n) is 13.7. The molecule has 35 heavy (non-hydrogen) atoms. The second-order valence-corrected chi connectivity index (χ2v) is 9.09. The fourth-order valence-electron chi connectivity index (χ4n) is 3.94. The van der Waals surface area contributed by atoms with Crippen LogP contribution >= 0.6 is 0 Å². The molecular formula is C30H44N2O3. The summed E-state index contributed by atoms with van der Waals surface area (Å²) in [6.45, 7) is 4.86. The molecule has 192 valence electrons. The number of carbonyl (C=O) groups is 1. The van der Waals surface area contributed by atoms with E-state index in [0.717, 1.165) is 24.3 Å². The largest absolute Gasteiger partial charge is 0.494 e. The quantitative estimate of drug-likeness (QED) is 0.0869. The van der Waals surface area contributed by atoms with Crippen molar-refractivity contribution < 1.29 is 14.3 Å². The predicted octanol–water partition coefficient (Wildman–Crippen LogP) is 9.89. The number of unbranched alkanes of at least 4 members (excludes halogenated alkanes) is 12. The van der Waals surface area contributed by atoms with E-state index in [0.29, 0.717) is 24.5 Å². The van der Waals surface area contributed by atoms with E-state index in [1.54, 1.807) is 24.3 Å². The number of carbonyl (C=O) groups excluding carboxylic acids is 1. The highest BCUT2D eigenvalue weighted by molar-refractivity contribution is 5.72. The number of esters is 1. The van der Waals surface area contributed by atoms with Gasteiger partial charge in [0.15, 0.2) is 0 Å². The summed E-state index contributed by atoms with van der Waals surface area (Å²) >= 11 is 0. The molecule has 0 aliphatic heterocycles. The van der Waals surface area contributed by atoms with Gasteiger partial charge in [-0.25, -0.2) is 0 Å². The van der Waals surface area contributed by atoms with Crippen LogP contribution in [0.4, 0.5) is 11.4 Å². The van der Waals surface area contributed by atoms with Crippen LogP contribution < -0.4 is 9.47 Å². The van der Waals surface area contributed by atoms with Crippen LogP contribution in [0.25, 0.3) is 0 Å². The first-order valence-corrected chi connectivity index (χ1v) is 13.7. The van der Waals surface area contributed by atoms with Crippen LogP contribution in [0.5, 0.6) is 11.5 Å². The predicted molar refractivity (Wildman–Crippen MR) is 144 cm³/mol. The monoisotopic (exact) mass is 480 g/mol. The Hall–Kier alpha value is -2.69. The molecule has 2 aromatic carbocycles. The van der Waals surface area contributed by atoms with Gasteiger partial charge in [0, 0.05) is 6.42 Å². The molecule has 0 fully saturated rings. The molecule has 0 amide bonds. The minimum atomic E-state index is -0.170. The molecule has 5 nitrogen and oxygen atoms in total. The third-order valence-corrected chi connectivity index (χ3v) is 5.98. The van der Waals surface area contributed by atoms with Gasteiger partial charge in [0.1, 0.15) is 11.5 Å². The molecule has 0 heterocycles. The zero-order valence-electron chi connectivity index (χ0n) is 21.8. The molecule has 0 radical (unpaired) electrons. The number of hydrogen-bond acceptors (Lipinski definition) is 5. The van der Waals surface area contributed by atoms with Gasteiger partial charge in [0.2, 0.25) is 0 Å². The minimum absolute atomic E-state index is 0.170. The Bertz CT molecular complexity index is 832. The number of hydrogen-bond donors (Lipinski definition) is 0. The first kappa shape index (κ1) is 28.5. The summed E-state index contributed by atoms with van der Waals surface area (Å²) in [6, 6.07) is 14.6. The van der Waals surface area contributed by atoms with E-state index in [-0.39, 0.29) is 5.97 Å². The highest BCUT2D eigenvalue weighted by Gasteiger charge is 2.05. The van der Waals surface area contributed by atoms with Gasteiger partial charge in [-0.1, -0.05) is 84.0 Å². The molecule has 0 bridgehead atoms. The summed E-state index contributed by atoms with van der Waals surface area (Å²) in [4.78, 5) is 12.1. The zero-order valence-corrected chi connectivity index (χ0v) is 21.8. The Morgan fingerprint density at radius 1 is 0.600 bits per heavy atom. The maximum Gasteiger partial charge on any atom is 0.311 e. The average Bonchev–Trinajstić information content (AvgIpc) is 2.87. The van der Waals surface area contributed by atoms with E-state index in [4.69, 9.17) is 9.47 Å². The Kier molecular flexibility index (Phi) is 15.2. The molecule has 0 saturated heterocycles. The fraction of sp³-hybridized carbons (Fsp3) is 0.567. The Labute approximate surface area is 212 Å². The number of rotatable bonds is 19. The molecule has 0 aromatic heterocycles. The van der Waals surface area contributed by atoms with Crippen molar-refractivity contribution >= 4 is 17.3 Å². The van der Waals surface area contributed by atoms with Crippen molar-refractivity contribution in [3.63, 3.8) is 0 Å². The summed E-state index contributed by atoms with van der Waals surface area (Å²) in [5.41, 5.74) is 1.46. The molecule has 0 spiro atoms. The highest BCUT2D eigenvalue weighted by atomic mass is 16.5. The van der Waals surface area contributed by atoms with E-state index in [2.05, 4.69) is 17.2 Å². The van der Waals surface area contributed by atoms with Crippen molar-refractivity contribution in [3.05, 3.63) is 48.5 Å². The van der Waals surface area contributed by atoms with E-state index in [1.807, 2.05) is 31.2 Å². The summed E-state index contributed by atoms with van der Waals surface area (Å²) in [5, 5.41) is 8.46. The minimum Gasteiger partial charge on any atom is -0.494 e. The van der Waals surface area contributed by atoms with Crippen molar-refractivity contribution in [2.24, 2.45) is 10.2 Å². The fourth-order valence-corrected chi connectivity index (χ4v) is 3.94. The first-order chi connectivity index (χ1) is 17.2. The summed E-state index contributed by atoms with van der Waals surface area (Å²) in [5.74, 6) is 1.19. The number of azo groups is 1. The molecule has 2 rings (SSSR count). The molecule has 0 atom stereocenters. The lowest BCUT2D eigenvalue weighted by atomic mass is 10.0. The number of benzene rings is 2. The van der Waals surface area contributed by atoms with Crippen molar-refractivity contribution in [1.29, 1.82) is 0 Å². The molecule has 5 heteroatoms. The lowest BCUT2D eigenvalue weighted by Gasteiger charge is -2.05. The Morgan fingerprint density at radius 2 is 1.03 bits per heavy atom. The normalized spacial score (nSPS) is 11.1. The number of nitrogens with zero attached hydrogens (tertiary/aromatic N) is 2. The third kappa shape index (κ3) is 13.7. The van der Waals surface area contributed by atoms with Crippen LogP contribution in [0.15, 0.2) is 58.8 Å². The van der Waals surface area contributed by atoms with Crippen LogP contribution in [0.3, 0.4) is 0 Å². The van der Waals surface area contributed by atoms with Crippen LogP contribution in [0.1, 0.15) is 104 Å². The Balaban J connectivity index is 1.52. The smallest absolute Gasteiger partial charge is 0.311 e. The van der Waals surface area contributed by atoms with Crippen molar-refractivity contribution in [2.45, 2.75) is 104 Å². The maximum absolute atomic E-state index is 12.1. The zero-order chi connectivity index (χ0) is 25.0. The van der Waals surface area contributed by atoms with Crippen molar-refractivity contribution in [2.75, 3.05) is 6.61 Å². The van der Waals surface area contributed by atoms with Gasteiger partial charge in [-0.05, 0) is 61.9 Å². The van der Waals surface area contributed by atoms with Gasteiger partial charge in [0.05, 0.1) is 18.0 Å². The van der Waals surface area contributed by atoms with E-state index in [9.17, 15) is 4.79 Å².